The second-order valence-corrected chi connectivity index (χ2v) is 4.14. The minimum atomic E-state index is -0.0688. The van der Waals surface area contributed by atoms with Crippen LogP contribution < -0.4 is 5.32 Å². The molecule has 2 aromatic rings. The lowest BCUT2D eigenvalue weighted by Crippen LogP contribution is -2.23. The largest absolute Gasteiger partial charge is 0.344 e. The van der Waals surface area contributed by atoms with E-state index in [-0.39, 0.29) is 5.91 Å². The van der Waals surface area contributed by atoms with Gasteiger partial charge in [-0.15, -0.1) is 21.5 Å². The molecule has 0 saturated heterocycles. The van der Waals surface area contributed by atoms with Gasteiger partial charge in [-0.3, -0.25) is 4.79 Å². The summed E-state index contributed by atoms with van der Waals surface area (Å²) in [5, 5.41) is 12.4. The third kappa shape index (κ3) is 2.27. The molecule has 2 rings (SSSR count). The summed E-state index contributed by atoms with van der Waals surface area (Å²) in [6.07, 6.45) is 1.66. The van der Waals surface area contributed by atoms with E-state index in [9.17, 15) is 4.79 Å². The smallest absolute Gasteiger partial charge is 0.261 e. The zero-order chi connectivity index (χ0) is 11.4. The molecule has 0 aliphatic carbocycles. The second kappa shape index (κ2) is 4.89. The van der Waals surface area contributed by atoms with Crippen LogP contribution in [0.2, 0.25) is 0 Å². The molecular formula is C10H12N4OS. The van der Waals surface area contributed by atoms with Crippen LogP contribution in [-0.2, 0) is 13.1 Å². The number of hydrogen-bond donors (Lipinski definition) is 1. The monoisotopic (exact) mass is 236 g/mol. The fourth-order valence-corrected chi connectivity index (χ4v) is 1.97. The molecule has 0 aromatic carbocycles. The van der Waals surface area contributed by atoms with Gasteiger partial charge in [0.2, 0.25) is 0 Å². The number of thiophene rings is 1. The maximum atomic E-state index is 11.6. The second-order valence-electron chi connectivity index (χ2n) is 3.19. The number of carbonyl (C=O) groups is 1. The molecule has 0 saturated carbocycles. The molecule has 0 spiro atoms. The van der Waals surface area contributed by atoms with Gasteiger partial charge >= 0.3 is 0 Å². The number of nitrogens with one attached hydrogen (secondary N) is 1. The summed E-state index contributed by atoms with van der Waals surface area (Å²) < 4.78 is 1.90. The van der Waals surface area contributed by atoms with Crippen molar-refractivity contribution in [2.24, 2.45) is 0 Å². The molecule has 6 heteroatoms. The van der Waals surface area contributed by atoms with E-state index >= 15 is 0 Å². The Morgan fingerprint density at radius 1 is 1.62 bits per heavy atom. The Bertz CT molecular complexity index is 463. The van der Waals surface area contributed by atoms with Crippen molar-refractivity contribution in [3.63, 3.8) is 0 Å². The van der Waals surface area contributed by atoms with Crippen molar-refractivity contribution in [3.05, 3.63) is 34.5 Å². The molecule has 2 aromatic heterocycles. The Kier molecular flexibility index (Phi) is 3.31. The van der Waals surface area contributed by atoms with E-state index in [4.69, 9.17) is 0 Å². The van der Waals surface area contributed by atoms with Crippen LogP contribution >= 0.6 is 11.3 Å². The highest BCUT2D eigenvalue weighted by atomic mass is 32.1. The normalized spacial score (nSPS) is 10.3. The van der Waals surface area contributed by atoms with E-state index in [0.717, 1.165) is 12.4 Å². The average Bonchev–Trinajstić information content (AvgIpc) is 2.96. The van der Waals surface area contributed by atoms with Crippen LogP contribution in [0.5, 0.6) is 0 Å². The first-order valence-corrected chi connectivity index (χ1v) is 5.87. The van der Waals surface area contributed by atoms with Crippen LogP contribution in [0, 0.1) is 0 Å². The lowest BCUT2D eigenvalue weighted by Gasteiger charge is -2.04. The van der Waals surface area contributed by atoms with Gasteiger partial charge in [-0.2, -0.15) is 0 Å². The predicted octanol–water partition coefficient (Wildman–Crippen LogP) is 1.29. The first-order chi connectivity index (χ1) is 7.81. The molecule has 0 atom stereocenters. The van der Waals surface area contributed by atoms with Crippen LogP contribution in [0.1, 0.15) is 22.4 Å². The Morgan fingerprint density at radius 3 is 3.19 bits per heavy atom. The molecule has 0 radical (unpaired) electrons. The SMILES string of the molecule is CCn1cnnc1CNC(=O)c1cccs1. The number of hydrogen-bond acceptors (Lipinski definition) is 4. The highest BCUT2D eigenvalue weighted by Gasteiger charge is 2.08. The molecular weight excluding hydrogens is 224 g/mol. The van der Waals surface area contributed by atoms with Crippen LogP contribution in [0.25, 0.3) is 0 Å². The van der Waals surface area contributed by atoms with Crippen molar-refractivity contribution in [1.82, 2.24) is 20.1 Å². The van der Waals surface area contributed by atoms with Gasteiger partial charge < -0.3 is 9.88 Å². The van der Waals surface area contributed by atoms with Gasteiger partial charge in [-0.25, -0.2) is 0 Å². The van der Waals surface area contributed by atoms with Gasteiger partial charge in [0.1, 0.15) is 6.33 Å². The van der Waals surface area contributed by atoms with Gasteiger partial charge in [-0.05, 0) is 18.4 Å². The minimum absolute atomic E-state index is 0.0688. The number of aromatic nitrogens is 3. The van der Waals surface area contributed by atoms with Crippen molar-refractivity contribution in [2.75, 3.05) is 0 Å². The van der Waals surface area contributed by atoms with E-state index in [1.807, 2.05) is 22.9 Å². The molecule has 0 bridgehead atoms. The Balaban J connectivity index is 1.95. The first kappa shape index (κ1) is 10.8. The van der Waals surface area contributed by atoms with E-state index < -0.39 is 0 Å². The number of rotatable bonds is 4. The summed E-state index contributed by atoms with van der Waals surface area (Å²) >= 11 is 1.42. The van der Waals surface area contributed by atoms with E-state index in [0.29, 0.717) is 11.4 Å². The van der Waals surface area contributed by atoms with Crippen molar-refractivity contribution in [1.29, 1.82) is 0 Å². The topological polar surface area (TPSA) is 59.8 Å². The summed E-state index contributed by atoms with van der Waals surface area (Å²) in [5.41, 5.74) is 0. The van der Waals surface area contributed by atoms with Crippen molar-refractivity contribution < 1.29 is 4.79 Å². The first-order valence-electron chi connectivity index (χ1n) is 4.99. The molecule has 2 heterocycles. The molecule has 16 heavy (non-hydrogen) atoms. The zero-order valence-corrected chi connectivity index (χ0v) is 9.70. The third-order valence-electron chi connectivity index (χ3n) is 2.19. The van der Waals surface area contributed by atoms with Crippen molar-refractivity contribution >= 4 is 17.2 Å². The van der Waals surface area contributed by atoms with Crippen LogP contribution in [0.15, 0.2) is 23.8 Å². The number of aryl methyl sites for hydroxylation is 1. The molecule has 0 aliphatic heterocycles. The molecule has 0 fully saturated rings. The van der Waals surface area contributed by atoms with E-state index in [1.165, 1.54) is 11.3 Å². The molecule has 1 N–H and O–H groups in total. The van der Waals surface area contributed by atoms with Crippen molar-refractivity contribution in [2.45, 2.75) is 20.0 Å². The van der Waals surface area contributed by atoms with Crippen molar-refractivity contribution in [3.8, 4) is 0 Å². The zero-order valence-electron chi connectivity index (χ0n) is 8.88. The van der Waals surface area contributed by atoms with Crippen LogP contribution in [0.4, 0.5) is 0 Å². The Labute approximate surface area is 97.1 Å². The lowest BCUT2D eigenvalue weighted by atomic mass is 10.4. The van der Waals surface area contributed by atoms with Crippen LogP contribution in [-0.4, -0.2) is 20.7 Å². The Hall–Kier alpha value is -1.69. The van der Waals surface area contributed by atoms with E-state index in [2.05, 4.69) is 15.5 Å². The molecule has 5 nitrogen and oxygen atoms in total. The number of nitrogens with zero attached hydrogens (tertiary/aromatic N) is 3. The summed E-state index contributed by atoms with van der Waals surface area (Å²) in [4.78, 5) is 12.4. The maximum absolute atomic E-state index is 11.6. The van der Waals surface area contributed by atoms with Gasteiger partial charge in [0.15, 0.2) is 5.82 Å². The maximum Gasteiger partial charge on any atom is 0.261 e. The third-order valence-corrected chi connectivity index (χ3v) is 3.06. The fourth-order valence-electron chi connectivity index (χ4n) is 1.33. The number of amides is 1. The standard InChI is InChI=1S/C10H12N4OS/c1-2-14-7-12-13-9(14)6-11-10(15)8-4-3-5-16-8/h3-5,7H,2,6H2,1H3,(H,11,15). The molecule has 84 valence electrons. The summed E-state index contributed by atoms with van der Waals surface area (Å²) in [5.74, 6) is 0.702. The summed E-state index contributed by atoms with van der Waals surface area (Å²) in [7, 11) is 0. The fraction of sp³-hybridized carbons (Fsp3) is 0.300. The minimum Gasteiger partial charge on any atom is -0.344 e. The van der Waals surface area contributed by atoms with Gasteiger partial charge in [0.25, 0.3) is 5.91 Å². The van der Waals surface area contributed by atoms with Gasteiger partial charge in [0, 0.05) is 6.54 Å². The molecule has 0 unspecified atom stereocenters. The molecule has 1 amide bonds. The Morgan fingerprint density at radius 2 is 2.50 bits per heavy atom. The average molecular weight is 236 g/mol. The van der Waals surface area contributed by atoms with Gasteiger partial charge in [0.05, 0.1) is 11.4 Å². The highest BCUT2D eigenvalue weighted by Crippen LogP contribution is 2.08. The van der Waals surface area contributed by atoms with Gasteiger partial charge in [-0.1, -0.05) is 6.07 Å². The summed E-state index contributed by atoms with van der Waals surface area (Å²) in [6, 6.07) is 3.65. The summed E-state index contributed by atoms with van der Waals surface area (Å²) in [6.45, 7) is 3.22. The predicted molar refractivity (Wildman–Crippen MR) is 61.2 cm³/mol. The molecule has 0 aliphatic rings. The number of carbonyl (C=O) groups excluding carboxylic acids is 1. The quantitative estimate of drug-likeness (QED) is 0.870. The van der Waals surface area contributed by atoms with E-state index in [1.54, 1.807) is 12.4 Å². The lowest BCUT2D eigenvalue weighted by molar-refractivity contribution is 0.0953. The highest BCUT2D eigenvalue weighted by molar-refractivity contribution is 7.12. The van der Waals surface area contributed by atoms with Crippen LogP contribution in [0.3, 0.4) is 0 Å².